The first-order valence-corrected chi connectivity index (χ1v) is 12.9. The molecule has 8 nitrogen and oxygen atoms in total. The van der Waals surface area contributed by atoms with Gasteiger partial charge in [0.25, 0.3) is 6.43 Å². The summed E-state index contributed by atoms with van der Waals surface area (Å²) in [6.45, 7) is 0. The van der Waals surface area contributed by atoms with E-state index in [4.69, 9.17) is 0 Å². The standard InChI is InChI=1S/C23H19F5N6O2S/c1-37(35,36)15-9-12(11-5-6-11)7-8-13(15)29-14-10-18(32-21-19(14)33-22(34-21)20(24)25)31-17-4-2-3-16(30-17)23(26,27)28/h2-4,7-11,20H,5-6H2,1H3,(H3,29,30,31,32,33,34). The molecule has 1 fully saturated rings. The summed E-state index contributed by atoms with van der Waals surface area (Å²) in [5.41, 5.74) is -0.0692. The number of pyridine rings is 2. The molecule has 1 aliphatic rings. The number of fused-ring (bicyclic) bond motifs is 1. The molecular weight excluding hydrogens is 519 g/mol. The van der Waals surface area contributed by atoms with Crippen LogP contribution in [-0.4, -0.2) is 34.6 Å². The van der Waals surface area contributed by atoms with E-state index in [0.29, 0.717) is 0 Å². The first kappa shape index (κ1) is 24.9. The van der Waals surface area contributed by atoms with E-state index in [0.717, 1.165) is 36.8 Å². The van der Waals surface area contributed by atoms with Crippen molar-refractivity contribution in [3.05, 3.63) is 59.5 Å². The number of aromatic nitrogens is 4. The van der Waals surface area contributed by atoms with E-state index in [1.54, 1.807) is 18.2 Å². The van der Waals surface area contributed by atoms with Crippen LogP contribution < -0.4 is 10.6 Å². The maximum absolute atomic E-state index is 13.4. The van der Waals surface area contributed by atoms with Crippen molar-refractivity contribution >= 4 is 44.0 Å². The van der Waals surface area contributed by atoms with Gasteiger partial charge < -0.3 is 15.6 Å². The summed E-state index contributed by atoms with van der Waals surface area (Å²) in [5, 5.41) is 5.57. The number of H-pyrrole nitrogens is 1. The normalized spacial score (nSPS) is 14.4. The fourth-order valence-corrected chi connectivity index (χ4v) is 4.70. The third-order valence-electron chi connectivity index (χ3n) is 5.70. The number of alkyl halides is 5. The van der Waals surface area contributed by atoms with Gasteiger partial charge in [0.1, 0.15) is 22.8 Å². The first-order chi connectivity index (χ1) is 17.4. The third-order valence-corrected chi connectivity index (χ3v) is 6.83. The molecule has 0 atom stereocenters. The molecule has 194 valence electrons. The lowest BCUT2D eigenvalue weighted by Crippen LogP contribution is -2.09. The van der Waals surface area contributed by atoms with Gasteiger partial charge in [-0.3, -0.25) is 0 Å². The summed E-state index contributed by atoms with van der Waals surface area (Å²) in [7, 11) is -3.68. The number of imidazole rings is 1. The molecule has 0 bridgehead atoms. The minimum atomic E-state index is -4.67. The molecule has 3 aromatic heterocycles. The average molecular weight is 539 g/mol. The summed E-state index contributed by atoms with van der Waals surface area (Å²) >= 11 is 0. The molecule has 0 saturated heterocycles. The molecule has 0 aliphatic heterocycles. The van der Waals surface area contributed by atoms with Gasteiger partial charge in [0.05, 0.1) is 16.3 Å². The topological polar surface area (TPSA) is 113 Å². The number of halogens is 5. The molecule has 1 aliphatic carbocycles. The van der Waals surface area contributed by atoms with E-state index < -0.39 is 34.0 Å². The van der Waals surface area contributed by atoms with Gasteiger partial charge in [-0.1, -0.05) is 12.1 Å². The molecule has 0 radical (unpaired) electrons. The number of benzene rings is 1. The number of hydrogen-bond donors (Lipinski definition) is 3. The van der Waals surface area contributed by atoms with Gasteiger partial charge in [-0.2, -0.15) is 13.2 Å². The Labute approximate surface area is 207 Å². The van der Waals surface area contributed by atoms with Crippen molar-refractivity contribution < 1.29 is 30.4 Å². The molecule has 4 aromatic rings. The quantitative estimate of drug-likeness (QED) is 0.245. The van der Waals surface area contributed by atoms with Crippen molar-refractivity contribution in [1.82, 2.24) is 19.9 Å². The van der Waals surface area contributed by atoms with Crippen LogP contribution in [0.25, 0.3) is 11.2 Å². The van der Waals surface area contributed by atoms with Crippen molar-refractivity contribution in [2.75, 3.05) is 16.9 Å². The Bertz CT molecular complexity index is 1600. The molecule has 1 saturated carbocycles. The summed E-state index contributed by atoms with van der Waals surface area (Å²) in [6, 6.07) is 9.50. The second-order valence-electron chi connectivity index (χ2n) is 8.63. The zero-order valence-corrected chi connectivity index (χ0v) is 19.9. The number of hydrogen-bond acceptors (Lipinski definition) is 7. The molecule has 0 spiro atoms. The molecule has 37 heavy (non-hydrogen) atoms. The van der Waals surface area contributed by atoms with Crippen molar-refractivity contribution in [2.24, 2.45) is 0 Å². The smallest absolute Gasteiger partial charge is 0.352 e. The highest BCUT2D eigenvalue weighted by atomic mass is 32.2. The van der Waals surface area contributed by atoms with Crippen molar-refractivity contribution in [1.29, 1.82) is 0 Å². The van der Waals surface area contributed by atoms with Crippen molar-refractivity contribution in [3.8, 4) is 0 Å². The Balaban J connectivity index is 1.58. The van der Waals surface area contributed by atoms with Gasteiger partial charge >= 0.3 is 6.18 Å². The fourth-order valence-electron chi connectivity index (χ4n) is 3.83. The number of aromatic amines is 1. The van der Waals surface area contributed by atoms with E-state index >= 15 is 0 Å². The Morgan fingerprint density at radius 1 is 0.973 bits per heavy atom. The predicted octanol–water partition coefficient (Wildman–Crippen LogP) is 6.08. The van der Waals surface area contributed by atoms with Crippen LogP contribution in [0.4, 0.5) is 45.0 Å². The molecule has 3 N–H and O–H groups in total. The molecular formula is C23H19F5N6O2S. The van der Waals surface area contributed by atoms with Gasteiger partial charge in [-0.05, 0) is 48.6 Å². The van der Waals surface area contributed by atoms with Crippen LogP contribution in [0, 0.1) is 0 Å². The van der Waals surface area contributed by atoms with Gasteiger partial charge in [0.2, 0.25) is 0 Å². The van der Waals surface area contributed by atoms with E-state index in [2.05, 4.69) is 30.6 Å². The largest absolute Gasteiger partial charge is 0.433 e. The number of sulfone groups is 1. The molecule has 14 heteroatoms. The maximum Gasteiger partial charge on any atom is 0.433 e. The third kappa shape index (κ3) is 5.33. The summed E-state index contributed by atoms with van der Waals surface area (Å²) < 4.78 is 91.0. The fraction of sp³-hybridized carbons (Fsp3) is 0.261. The van der Waals surface area contributed by atoms with Crippen LogP contribution in [-0.2, 0) is 16.0 Å². The van der Waals surface area contributed by atoms with Gasteiger partial charge in [0, 0.05) is 12.3 Å². The van der Waals surface area contributed by atoms with E-state index in [9.17, 15) is 30.4 Å². The predicted molar refractivity (Wildman–Crippen MR) is 126 cm³/mol. The maximum atomic E-state index is 13.4. The van der Waals surface area contributed by atoms with Crippen LogP contribution >= 0.6 is 0 Å². The van der Waals surface area contributed by atoms with Crippen LogP contribution in [0.15, 0.2) is 47.4 Å². The average Bonchev–Trinajstić information content (AvgIpc) is 3.56. The molecule has 5 rings (SSSR count). The zero-order chi connectivity index (χ0) is 26.5. The van der Waals surface area contributed by atoms with Crippen LogP contribution in [0.3, 0.4) is 0 Å². The van der Waals surface area contributed by atoms with Crippen LogP contribution in [0.2, 0.25) is 0 Å². The lowest BCUT2D eigenvalue weighted by molar-refractivity contribution is -0.141. The number of rotatable bonds is 7. The lowest BCUT2D eigenvalue weighted by atomic mass is 10.1. The second kappa shape index (κ2) is 8.94. The van der Waals surface area contributed by atoms with Gasteiger partial charge in [-0.25, -0.2) is 32.2 Å². The molecule has 0 amide bonds. The van der Waals surface area contributed by atoms with E-state index in [1.807, 2.05) is 0 Å². The zero-order valence-electron chi connectivity index (χ0n) is 19.1. The van der Waals surface area contributed by atoms with Gasteiger partial charge in [-0.15, -0.1) is 0 Å². The minimum absolute atomic E-state index is 0.0106. The molecule has 0 unspecified atom stereocenters. The van der Waals surface area contributed by atoms with Crippen LogP contribution in [0.1, 0.15) is 42.3 Å². The van der Waals surface area contributed by atoms with Crippen molar-refractivity contribution in [2.45, 2.75) is 36.3 Å². The Morgan fingerprint density at radius 3 is 2.38 bits per heavy atom. The Hall–Kier alpha value is -3.81. The van der Waals surface area contributed by atoms with Crippen molar-refractivity contribution in [3.63, 3.8) is 0 Å². The number of anilines is 4. The summed E-state index contributed by atoms with van der Waals surface area (Å²) in [6.07, 6.45) is -4.64. The van der Waals surface area contributed by atoms with Crippen LogP contribution in [0.5, 0.6) is 0 Å². The highest BCUT2D eigenvalue weighted by molar-refractivity contribution is 7.90. The first-order valence-electron chi connectivity index (χ1n) is 11.0. The SMILES string of the molecule is CS(=O)(=O)c1cc(C2CC2)ccc1Nc1cc(Nc2cccc(C(F)(F)F)n2)nc2[nH]c(C(F)F)nc12. The highest BCUT2D eigenvalue weighted by Crippen LogP contribution is 2.42. The minimum Gasteiger partial charge on any atom is -0.352 e. The Morgan fingerprint density at radius 2 is 1.73 bits per heavy atom. The Kier molecular flexibility index (Phi) is 6.01. The number of nitrogens with one attached hydrogen (secondary N) is 3. The second-order valence-corrected chi connectivity index (χ2v) is 10.6. The molecule has 1 aromatic carbocycles. The molecule has 3 heterocycles. The van der Waals surface area contributed by atoms with E-state index in [-0.39, 0.29) is 45.0 Å². The van der Waals surface area contributed by atoms with Gasteiger partial charge in [0.15, 0.2) is 21.3 Å². The lowest BCUT2D eigenvalue weighted by Gasteiger charge is -2.14. The monoisotopic (exact) mass is 538 g/mol. The van der Waals surface area contributed by atoms with E-state index in [1.165, 1.54) is 12.1 Å². The number of nitrogens with zero attached hydrogens (tertiary/aromatic N) is 3. The highest BCUT2D eigenvalue weighted by Gasteiger charge is 2.32. The summed E-state index contributed by atoms with van der Waals surface area (Å²) in [4.78, 5) is 13.9. The summed E-state index contributed by atoms with van der Waals surface area (Å²) in [5.74, 6) is -0.612.